The molecule has 5 nitrogen and oxygen atoms in total. The van der Waals surface area contributed by atoms with E-state index < -0.39 is 0 Å². The van der Waals surface area contributed by atoms with Crippen molar-refractivity contribution >= 4 is 12.0 Å². The molecule has 0 spiro atoms. The molecule has 0 bridgehead atoms. The molecule has 0 unspecified atom stereocenters. The molecule has 1 aromatic heterocycles. The topological polar surface area (TPSA) is 52.2 Å². The van der Waals surface area contributed by atoms with E-state index in [4.69, 9.17) is 4.98 Å². The molecule has 1 amide bonds. The zero-order valence-electron chi connectivity index (χ0n) is 17.4. The Bertz CT molecular complexity index is 1080. The number of aryl methyl sites for hydroxylation is 2. The van der Waals surface area contributed by atoms with Crippen LogP contribution in [0.3, 0.4) is 0 Å². The van der Waals surface area contributed by atoms with Crippen LogP contribution in [0.15, 0.2) is 48.7 Å². The van der Waals surface area contributed by atoms with E-state index in [1.165, 1.54) is 22.3 Å². The average molecular weight is 386 g/mol. The molecule has 3 aromatic rings. The SMILES string of the molecule is Cc1ccc(-c2ccc(-c3nc4c([nH]3)CN(CC(=O)N(C)C)C=C4)cc2)cc1C. The van der Waals surface area contributed by atoms with Crippen molar-refractivity contribution in [3.63, 3.8) is 0 Å². The van der Waals surface area contributed by atoms with Crippen LogP contribution in [-0.4, -0.2) is 46.3 Å². The Labute approximate surface area is 171 Å². The van der Waals surface area contributed by atoms with Crippen molar-refractivity contribution in [2.45, 2.75) is 20.4 Å². The number of nitrogens with zero attached hydrogens (tertiary/aromatic N) is 3. The second-order valence-corrected chi connectivity index (χ2v) is 7.83. The van der Waals surface area contributed by atoms with Crippen LogP contribution >= 0.6 is 0 Å². The molecule has 0 aliphatic carbocycles. The Hall–Kier alpha value is -3.34. The van der Waals surface area contributed by atoms with Gasteiger partial charge < -0.3 is 14.8 Å². The molecule has 0 atom stereocenters. The zero-order chi connectivity index (χ0) is 20.5. The third-order valence-corrected chi connectivity index (χ3v) is 5.45. The molecular weight excluding hydrogens is 360 g/mol. The monoisotopic (exact) mass is 386 g/mol. The van der Waals surface area contributed by atoms with Crippen molar-refractivity contribution in [1.82, 2.24) is 19.8 Å². The van der Waals surface area contributed by atoms with Gasteiger partial charge in [-0.2, -0.15) is 0 Å². The summed E-state index contributed by atoms with van der Waals surface area (Å²) in [5.74, 6) is 0.937. The van der Waals surface area contributed by atoms with Crippen molar-refractivity contribution in [3.8, 4) is 22.5 Å². The van der Waals surface area contributed by atoms with Crippen LogP contribution < -0.4 is 0 Å². The van der Waals surface area contributed by atoms with Gasteiger partial charge in [-0.1, -0.05) is 42.5 Å². The summed E-state index contributed by atoms with van der Waals surface area (Å²) in [5, 5.41) is 0. The zero-order valence-corrected chi connectivity index (χ0v) is 17.4. The maximum absolute atomic E-state index is 12.0. The highest BCUT2D eigenvalue weighted by Crippen LogP contribution is 2.27. The second kappa shape index (κ2) is 7.59. The summed E-state index contributed by atoms with van der Waals surface area (Å²) in [6.45, 7) is 5.29. The number of rotatable bonds is 4. The molecule has 0 saturated carbocycles. The molecule has 2 aromatic carbocycles. The van der Waals surface area contributed by atoms with Gasteiger partial charge in [-0.05, 0) is 42.2 Å². The molecule has 1 N–H and O–H groups in total. The average Bonchev–Trinajstić information content (AvgIpc) is 3.13. The fraction of sp³-hybridized carbons (Fsp3) is 0.250. The number of nitrogens with one attached hydrogen (secondary N) is 1. The molecule has 2 heterocycles. The third-order valence-electron chi connectivity index (χ3n) is 5.45. The number of carbonyl (C=O) groups is 1. The lowest BCUT2D eigenvalue weighted by molar-refractivity contribution is -0.129. The number of carbonyl (C=O) groups excluding carboxylic acids is 1. The van der Waals surface area contributed by atoms with Gasteiger partial charge in [0, 0.05) is 25.9 Å². The minimum Gasteiger partial charge on any atom is -0.362 e. The van der Waals surface area contributed by atoms with Crippen molar-refractivity contribution in [1.29, 1.82) is 0 Å². The number of H-pyrrole nitrogens is 1. The fourth-order valence-electron chi connectivity index (χ4n) is 3.42. The maximum atomic E-state index is 12.0. The number of likely N-dealkylation sites (N-methyl/N-ethyl adjacent to an activating group) is 1. The van der Waals surface area contributed by atoms with Gasteiger partial charge >= 0.3 is 0 Å². The van der Waals surface area contributed by atoms with Gasteiger partial charge in [0.2, 0.25) is 5.91 Å². The Morgan fingerprint density at radius 3 is 2.41 bits per heavy atom. The van der Waals surface area contributed by atoms with E-state index in [0.29, 0.717) is 13.1 Å². The van der Waals surface area contributed by atoms with Crippen molar-refractivity contribution in [2.24, 2.45) is 0 Å². The number of imidazole rings is 1. The highest BCUT2D eigenvalue weighted by atomic mass is 16.2. The standard InChI is InChI=1S/C24H26N4O/c1-16-5-6-20(13-17(16)2)18-7-9-19(10-8-18)24-25-21-11-12-28(14-22(21)26-24)15-23(29)27(3)4/h5-13H,14-15H2,1-4H3,(H,25,26). The Morgan fingerprint density at radius 2 is 1.72 bits per heavy atom. The molecule has 0 saturated heterocycles. The normalized spacial score (nSPS) is 12.8. The van der Waals surface area contributed by atoms with E-state index in [9.17, 15) is 4.79 Å². The Balaban J connectivity index is 1.52. The van der Waals surface area contributed by atoms with Crippen LogP contribution in [0.2, 0.25) is 0 Å². The molecule has 1 aliphatic heterocycles. The molecule has 4 rings (SSSR count). The van der Waals surface area contributed by atoms with Gasteiger partial charge in [0.1, 0.15) is 5.82 Å². The first-order valence-electron chi connectivity index (χ1n) is 9.80. The van der Waals surface area contributed by atoms with Crippen molar-refractivity contribution in [3.05, 3.63) is 71.2 Å². The summed E-state index contributed by atoms with van der Waals surface area (Å²) < 4.78 is 0. The van der Waals surface area contributed by atoms with Crippen LogP contribution in [0.4, 0.5) is 0 Å². The minimum atomic E-state index is 0.0831. The number of aromatic amines is 1. The molecule has 29 heavy (non-hydrogen) atoms. The predicted octanol–water partition coefficient (Wildman–Crippen LogP) is 4.24. The van der Waals surface area contributed by atoms with E-state index in [-0.39, 0.29) is 5.91 Å². The van der Waals surface area contributed by atoms with Crippen molar-refractivity contribution < 1.29 is 4.79 Å². The van der Waals surface area contributed by atoms with Gasteiger partial charge in [-0.15, -0.1) is 0 Å². The lowest BCUT2D eigenvalue weighted by Crippen LogP contribution is -2.34. The summed E-state index contributed by atoms with van der Waals surface area (Å²) in [5.41, 5.74) is 8.05. The molecule has 148 valence electrons. The minimum absolute atomic E-state index is 0.0831. The van der Waals surface area contributed by atoms with Gasteiger partial charge in [-0.25, -0.2) is 4.98 Å². The number of hydrogen-bond donors (Lipinski definition) is 1. The van der Waals surface area contributed by atoms with Gasteiger partial charge in [0.05, 0.1) is 24.5 Å². The highest BCUT2D eigenvalue weighted by molar-refractivity contribution is 5.78. The lowest BCUT2D eigenvalue weighted by Gasteiger charge is -2.23. The third kappa shape index (κ3) is 3.94. The van der Waals surface area contributed by atoms with Crippen LogP contribution in [0.5, 0.6) is 0 Å². The first-order chi connectivity index (χ1) is 13.9. The summed E-state index contributed by atoms with van der Waals surface area (Å²) in [4.78, 5) is 23.7. The van der Waals surface area contributed by atoms with Gasteiger partial charge in [0.15, 0.2) is 0 Å². The van der Waals surface area contributed by atoms with E-state index in [1.54, 1.807) is 19.0 Å². The van der Waals surface area contributed by atoms with Crippen LogP contribution in [0, 0.1) is 13.8 Å². The van der Waals surface area contributed by atoms with Crippen LogP contribution in [0.1, 0.15) is 22.5 Å². The molecule has 0 fully saturated rings. The fourth-order valence-corrected chi connectivity index (χ4v) is 3.42. The highest BCUT2D eigenvalue weighted by Gasteiger charge is 2.18. The predicted molar refractivity (Wildman–Crippen MR) is 117 cm³/mol. The maximum Gasteiger partial charge on any atom is 0.241 e. The largest absolute Gasteiger partial charge is 0.362 e. The number of benzene rings is 2. The first-order valence-corrected chi connectivity index (χ1v) is 9.80. The summed E-state index contributed by atoms with van der Waals surface area (Å²) in [7, 11) is 3.55. The van der Waals surface area contributed by atoms with Crippen molar-refractivity contribution in [2.75, 3.05) is 20.6 Å². The van der Waals surface area contributed by atoms with E-state index in [2.05, 4.69) is 61.3 Å². The van der Waals surface area contributed by atoms with E-state index in [1.807, 2.05) is 17.2 Å². The Kier molecular flexibility index (Phi) is 4.97. The van der Waals surface area contributed by atoms with Crippen LogP contribution in [-0.2, 0) is 11.3 Å². The summed E-state index contributed by atoms with van der Waals surface area (Å²) >= 11 is 0. The summed E-state index contributed by atoms with van der Waals surface area (Å²) in [6.07, 6.45) is 3.91. The lowest BCUT2D eigenvalue weighted by atomic mass is 9.99. The number of aromatic nitrogens is 2. The second-order valence-electron chi connectivity index (χ2n) is 7.83. The molecule has 1 aliphatic rings. The molecular formula is C24H26N4O. The Morgan fingerprint density at radius 1 is 1.03 bits per heavy atom. The molecule has 5 heteroatoms. The van der Waals surface area contributed by atoms with Gasteiger partial charge in [0.25, 0.3) is 0 Å². The van der Waals surface area contributed by atoms with Crippen LogP contribution in [0.25, 0.3) is 28.6 Å². The number of fused-ring (bicyclic) bond motifs is 1. The first kappa shape index (κ1) is 19.0. The van der Waals surface area contributed by atoms with E-state index in [0.717, 1.165) is 22.8 Å². The van der Waals surface area contributed by atoms with Gasteiger partial charge in [-0.3, -0.25) is 4.79 Å². The smallest absolute Gasteiger partial charge is 0.241 e. The number of amides is 1. The molecule has 0 radical (unpaired) electrons. The summed E-state index contributed by atoms with van der Waals surface area (Å²) in [6, 6.07) is 15.0. The van der Waals surface area contributed by atoms with E-state index >= 15 is 0 Å². The number of hydrogen-bond acceptors (Lipinski definition) is 3. The quantitative estimate of drug-likeness (QED) is 0.730.